The summed E-state index contributed by atoms with van der Waals surface area (Å²) in [4.78, 5) is 0. The van der Waals surface area contributed by atoms with Crippen molar-refractivity contribution < 1.29 is 4.74 Å². The van der Waals surface area contributed by atoms with Crippen LogP contribution in [0.3, 0.4) is 0 Å². The normalized spacial score (nSPS) is 12.1. The second kappa shape index (κ2) is 7.07. The van der Waals surface area contributed by atoms with Crippen molar-refractivity contribution in [2.45, 2.75) is 32.2 Å². The molecule has 2 nitrogen and oxygen atoms in total. The van der Waals surface area contributed by atoms with Gasteiger partial charge in [-0.2, -0.15) is 0 Å². The van der Waals surface area contributed by atoms with Crippen LogP contribution in [0.2, 0.25) is 0 Å². The van der Waals surface area contributed by atoms with Gasteiger partial charge in [-0.25, -0.2) is 0 Å². The first-order valence-corrected chi connectivity index (χ1v) is 5.84. The maximum Gasteiger partial charge on any atom is 0.119 e. The van der Waals surface area contributed by atoms with Crippen molar-refractivity contribution in [3.63, 3.8) is 0 Å². The van der Waals surface area contributed by atoms with Gasteiger partial charge in [0.15, 0.2) is 0 Å². The van der Waals surface area contributed by atoms with E-state index in [-0.39, 0.29) is 6.04 Å². The van der Waals surface area contributed by atoms with E-state index in [4.69, 9.17) is 10.5 Å². The Hall–Kier alpha value is -1.28. The standard InChI is InChI=1S/C14H21NO/c1-3-5-10-16-14-8-6-12(7-9-14)11-13(15)4-2/h3,6-9,13H,1,4-5,10-11,15H2,2H3. The van der Waals surface area contributed by atoms with E-state index >= 15 is 0 Å². The lowest BCUT2D eigenvalue weighted by Crippen LogP contribution is -2.21. The van der Waals surface area contributed by atoms with Gasteiger partial charge in [-0.3, -0.25) is 0 Å². The van der Waals surface area contributed by atoms with Gasteiger partial charge in [-0.05, 0) is 37.0 Å². The molecule has 88 valence electrons. The summed E-state index contributed by atoms with van der Waals surface area (Å²) in [5.74, 6) is 0.913. The summed E-state index contributed by atoms with van der Waals surface area (Å²) in [6.07, 6.45) is 4.68. The number of hydrogen-bond acceptors (Lipinski definition) is 2. The SMILES string of the molecule is C=CCCOc1ccc(CC(N)CC)cc1. The molecule has 0 saturated heterocycles. The van der Waals surface area contributed by atoms with Gasteiger partial charge in [-0.15, -0.1) is 6.58 Å². The van der Waals surface area contributed by atoms with E-state index in [2.05, 4.69) is 25.6 Å². The second-order valence-electron chi connectivity index (χ2n) is 3.94. The molecular weight excluding hydrogens is 198 g/mol. The Balaban J connectivity index is 2.44. The van der Waals surface area contributed by atoms with Crippen LogP contribution in [-0.2, 0) is 6.42 Å². The molecular formula is C14H21NO. The fourth-order valence-electron chi connectivity index (χ4n) is 1.43. The smallest absolute Gasteiger partial charge is 0.119 e. The van der Waals surface area contributed by atoms with E-state index in [9.17, 15) is 0 Å². The van der Waals surface area contributed by atoms with Gasteiger partial charge in [0.1, 0.15) is 5.75 Å². The van der Waals surface area contributed by atoms with Crippen LogP contribution in [0.1, 0.15) is 25.3 Å². The molecule has 1 aromatic rings. The highest BCUT2D eigenvalue weighted by atomic mass is 16.5. The van der Waals surface area contributed by atoms with Crippen molar-refractivity contribution in [2.75, 3.05) is 6.61 Å². The minimum atomic E-state index is 0.257. The molecule has 0 fully saturated rings. The number of nitrogens with two attached hydrogens (primary N) is 1. The maximum atomic E-state index is 5.90. The van der Waals surface area contributed by atoms with Gasteiger partial charge in [0, 0.05) is 6.04 Å². The zero-order valence-electron chi connectivity index (χ0n) is 9.99. The quantitative estimate of drug-likeness (QED) is 0.565. The Morgan fingerprint density at radius 2 is 2.06 bits per heavy atom. The van der Waals surface area contributed by atoms with Crippen LogP contribution in [0.15, 0.2) is 36.9 Å². The molecule has 0 amide bonds. The third-order valence-corrected chi connectivity index (χ3v) is 2.54. The zero-order chi connectivity index (χ0) is 11.8. The summed E-state index contributed by atoms with van der Waals surface area (Å²) in [5.41, 5.74) is 7.17. The van der Waals surface area contributed by atoms with E-state index < -0.39 is 0 Å². The molecule has 1 aromatic carbocycles. The molecule has 0 aliphatic heterocycles. The molecule has 2 heteroatoms. The average Bonchev–Trinajstić information content (AvgIpc) is 2.31. The Morgan fingerprint density at radius 1 is 1.38 bits per heavy atom. The number of hydrogen-bond donors (Lipinski definition) is 1. The van der Waals surface area contributed by atoms with Gasteiger partial charge < -0.3 is 10.5 Å². The van der Waals surface area contributed by atoms with Gasteiger partial charge in [0.2, 0.25) is 0 Å². The number of benzene rings is 1. The van der Waals surface area contributed by atoms with Crippen LogP contribution in [0.25, 0.3) is 0 Å². The monoisotopic (exact) mass is 219 g/mol. The van der Waals surface area contributed by atoms with Crippen LogP contribution >= 0.6 is 0 Å². The Bertz CT molecular complexity index is 305. The number of rotatable bonds is 7. The summed E-state index contributed by atoms with van der Waals surface area (Å²) in [5, 5.41) is 0. The molecule has 1 atom stereocenters. The lowest BCUT2D eigenvalue weighted by Gasteiger charge is -2.09. The highest BCUT2D eigenvalue weighted by Crippen LogP contribution is 2.13. The fourth-order valence-corrected chi connectivity index (χ4v) is 1.43. The highest BCUT2D eigenvalue weighted by Gasteiger charge is 2.01. The minimum Gasteiger partial charge on any atom is -0.493 e. The molecule has 0 aliphatic rings. The summed E-state index contributed by atoms with van der Waals surface area (Å²) < 4.78 is 5.53. The maximum absolute atomic E-state index is 5.90. The highest BCUT2D eigenvalue weighted by molar-refractivity contribution is 5.27. The average molecular weight is 219 g/mol. The first-order chi connectivity index (χ1) is 7.76. The lowest BCUT2D eigenvalue weighted by atomic mass is 10.0. The molecule has 1 unspecified atom stereocenters. The summed E-state index contributed by atoms with van der Waals surface area (Å²) >= 11 is 0. The Morgan fingerprint density at radius 3 is 2.62 bits per heavy atom. The van der Waals surface area contributed by atoms with E-state index in [1.165, 1.54) is 5.56 Å². The molecule has 0 bridgehead atoms. The van der Waals surface area contributed by atoms with Crippen molar-refractivity contribution in [1.82, 2.24) is 0 Å². The van der Waals surface area contributed by atoms with E-state index in [1.54, 1.807) is 0 Å². The summed E-state index contributed by atoms with van der Waals surface area (Å²) in [6, 6.07) is 8.42. The van der Waals surface area contributed by atoms with Gasteiger partial charge in [0.05, 0.1) is 6.61 Å². The minimum absolute atomic E-state index is 0.257. The molecule has 0 heterocycles. The van der Waals surface area contributed by atoms with Gasteiger partial charge >= 0.3 is 0 Å². The third-order valence-electron chi connectivity index (χ3n) is 2.54. The number of ether oxygens (including phenoxy) is 1. The van der Waals surface area contributed by atoms with Crippen LogP contribution in [-0.4, -0.2) is 12.6 Å². The predicted octanol–water partition coefficient (Wildman–Crippen LogP) is 2.92. The van der Waals surface area contributed by atoms with Crippen molar-refractivity contribution >= 4 is 0 Å². The predicted molar refractivity (Wildman–Crippen MR) is 68.7 cm³/mol. The lowest BCUT2D eigenvalue weighted by molar-refractivity contribution is 0.325. The van der Waals surface area contributed by atoms with Crippen molar-refractivity contribution in [3.8, 4) is 5.75 Å². The molecule has 0 aromatic heterocycles. The first-order valence-electron chi connectivity index (χ1n) is 5.84. The molecule has 0 spiro atoms. The van der Waals surface area contributed by atoms with Gasteiger partial charge in [-0.1, -0.05) is 25.1 Å². The Labute approximate surface area is 98.1 Å². The van der Waals surface area contributed by atoms with Crippen molar-refractivity contribution in [3.05, 3.63) is 42.5 Å². The Kier molecular flexibility index (Phi) is 5.65. The fraction of sp³-hybridized carbons (Fsp3) is 0.429. The molecule has 2 N–H and O–H groups in total. The zero-order valence-corrected chi connectivity index (χ0v) is 9.99. The van der Waals surface area contributed by atoms with E-state index in [1.807, 2.05) is 18.2 Å². The molecule has 0 saturated carbocycles. The third kappa shape index (κ3) is 4.49. The van der Waals surface area contributed by atoms with E-state index in [0.717, 1.165) is 25.0 Å². The van der Waals surface area contributed by atoms with Gasteiger partial charge in [0.25, 0.3) is 0 Å². The first kappa shape index (κ1) is 12.8. The van der Waals surface area contributed by atoms with Crippen LogP contribution in [0.5, 0.6) is 5.75 Å². The van der Waals surface area contributed by atoms with Crippen molar-refractivity contribution in [1.29, 1.82) is 0 Å². The van der Waals surface area contributed by atoms with Crippen LogP contribution in [0, 0.1) is 0 Å². The molecule has 0 radical (unpaired) electrons. The molecule has 1 rings (SSSR count). The van der Waals surface area contributed by atoms with Crippen molar-refractivity contribution in [2.24, 2.45) is 5.73 Å². The van der Waals surface area contributed by atoms with Crippen LogP contribution in [0.4, 0.5) is 0 Å². The topological polar surface area (TPSA) is 35.2 Å². The molecule has 0 aliphatic carbocycles. The summed E-state index contributed by atoms with van der Waals surface area (Å²) in [7, 11) is 0. The molecule has 16 heavy (non-hydrogen) atoms. The second-order valence-corrected chi connectivity index (χ2v) is 3.94. The summed E-state index contributed by atoms with van der Waals surface area (Å²) in [6.45, 7) is 6.45. The largest absolute Gasteiger partial charge is 0.493 e. The van der Waals surface area contributed by atoms with Crippen LogP contribution < -0.4 is 10.5 Å². The van der Waals surface area contributed by atoms with E-state index in [0.29, 0.717) is 6.61 Å².